The van der Waals surface area contributed by atoms with Gasteiger partial charge in [-0.1, -0.05) is 11.8 Å². The Morgan fingerprint density at radius 1 is 1.73 bits per heavy atom. The number of carboxylic acids is 1. The first-order chi connectivity index (χ1) is 7.13. The average molecular weight is 232 g/mol. The maximum atomic E-state index is 10.5. The van der Waals surface area contributed by atoms with E-state index in [1.54, 1.807) is 7.11 Å². The number of methoxy groups -OCH3 is 1. The number of ether oxygens (including phenoxy) is 1. The molecule has 0 aromatic carbocycles. The Balaban J connectivity index is 2.53. The van der Waals surface area contributed by atoms with Gasteiger partial charge in [-0.2, -0.15) is 0 Å². The zero-order chi connectivity index (χ0) is 11.3. The Morgan fingerprint density at radius 2 is 2.47 bits per heavy atom. The molecule has 15 heavy (non-hydrogen) atoms. The van der Waals surface area contributed by atoms with Crippen molar-refractivity contribution >= 4 is 17.7 Å². The standard InChI is InChI=1S/C7H12N4O3S/c1-5(14-2)4-15-7-8-9-10-11(7)3-6(12)13/h5H,3-4H2,1-2H3,(H,12,13). The molecule has 1 heterocycles. The van der Waals surface area contributed by atoms with Crippen LogP contribution in [-0.2, 0) is 16.1 Å². The Labute approximate surface area is 90.8 Å². The lowest BCUT2D eigenvalue weighted by atomic mass is 10.5. The summed E-state index contributed by atoms with van der Waals surface area (Å²) < 4.78 is 6.30. The molecule has 0 aliphatic rings. The number of aromatic nitrogens is 4. The summed E-state index contributed by atoms with van der Waals surface area (Å²) >= 11 is 1.37. The lowest BCUT2D eigenvalue weighted by Crippen LogP contribution is -2.13. The largest absolute Gasteiger partial charge is 0.480 e. The van der Waals surface area contributed by atoms with Gasteiger partial charge in [0.2, 0.25) is 5.16 Å². The van der Waals surface area contributed by atoms with Crippen LogP contribution in [0.1, 0.15) is 6.92 Å². The number of rotatable bonds is 6. The minimum atomic E-state index is -0.969. The summed E-state index contributed by atoms with van der Waals surface area (Å²) in [6, 6.07) is 0. The molecule has 0 amide bonds. The molecule has 0 saturated heterocycles. The van der Waals surface area contributed by atoms with Crippen molar-refractivity contribution in [2.24, 2.45) is 0 Å². The van der Waals surface area contributed by atoms with Crippen molar-refractivity contribution in [3.05, 3.63) is 0 Å². The molecule has 7 nitrogen and oxygen atoms in total. The van der Waals surface area contributed by atoms with E-state index in [1.807, 2.05) is 6.92 Å². The topological polar surface area (TPSA) is 90.1 Å². The van der Waals surface area contributed by atoms with Gasteiger partial charge in [0.25, 0.3) is 0 Å². The second-order valence-corrected chi connectivity index (χ2v) is 3.86. The van der Waals surface area contributed by atoms with Crippen LogP contribution < -0.4 is 0 Å². The molecule has 0 aliphatic heterocycles. The number of aliphatic carboxylic acids is 1. The van der Waals surface area contributed by atoms with Gasteiger partial charge in [-0.25, -0.2) is 4.68 Å². The highest BCUT2D eigenvalue weighted by Crippen LogP contribution is 2.15. The third kappa shape index (κ3) is 3.84. The van der Waals surface area contributed by atoms with Gasteiger partial charge in [0.15, 0.2) is 0 Å². The van der Waals surface area contributed by atoms with Crippen LogP contribution >= 0.6 is 11.8 Å². The molecule has 0 radical (unpaired) electrons. The number of nitrogens with zero attached hydrogens (tertiary/aromatic N) is 4. The Morgan fingerprint density at radius 3 is 3.07 bits per heavy atom. The number of thioether (sulfide) groups is 1. The van der Waals surface area contributed by atoms with Gasteiger partial charge < -0.3 is 9.84 Å². The molecule has 0 spiro atoms. The van der Waals surface area contributed by atoms with Crippen LogP contribution in [-0.4, -0.2) is 50.2 Å². The van der Waals surface area contributed by atoms with Crippen molar-refractivity contribution in [1.29, 1.82) is 0 Å². The molecule has 1 N–H and O–H groups in total. The van der Waals surface area contributed by atoms with Crippen molar-refractivity contribution < 1.29 is 14.6 Å². The highest BCUT2D eigenvalue weighted by atomic mass is 32.2. The molecule has 8 heteroatoms. The molecule has 1 aromatic heterocycles. The van der Waals surface area contributed by atoms with E-state index in [1.165, 1.54) is 16.4 Å². The van der Waals surface area contributed by atoms with Crippen LogP contribution in [0.5, 0.6) is 0 Å². The summed E-state index contributed by atoms with van der Waals surface area (Å²) in [5, 5.41) is 19.8. The first-order valence-corrected chi connectivity index (χ1v) is 5.25. The average Bonchev–Trinajstić information content (AvgIpc) is 2.61. The molecule has 0 saturated carbocycles. The van der Waals surface area contributed by atoms with E-state index in [9.17, 15) is 4.79 Å². The van der Waals surface area contributed by atoms with Gasteiger partial charge >= 0.3 is 5.97 Å². The minimum Gasteiger partial charge on any atom is -0.480 e. The van der Waals surface area contributed by atoms with Crippen LogP contribution in [0.4, 0.5) is 0 Å². The monoisotopic (exact) mass is 232 g/mol. The number of tetrazole rings is 1. The highest BCUT2D eigenvalue weighted by Gasteiger charge is 2.11. The first-order valence-electron chi connectivity index (χ1n) is 4.27. The van der Waals surface area contributed by atoms with Gasteiger partial charge in [0, 0.05) is 12.9 Å². The fourth-order valence-electron chi connectivity index (χ4n) is 0.787. The molecule has 84 valence electrons. The van der Waals surface area contributed by atoms with Crippen molar-refractivity contribution in [2.75, 3.05) is 12.9 Å². The molecule has 1 atom stereocenters. The van der Waals surface area contributed by atoms with Crippen LogP contribution in [0.2, 0.25) is 0 Å². The second-order valence-electron chi connectivity index (χ2n) is 2.87. The zero-order valence-electron chi connectivity index (χ0n) is 8.45. The number of hydrogen-bond donors (Lipinski definition) is 1. The lowest BCUT2D eigenvalue weighted by Gasteiger charge is -2.07. The predicted octanol–water partition coefficient (Wildman–Crippen LogP) is -0.115. The van der Waals surface area contributed by atoms with Crippen LogP contribution in [0.25, 0.3) is 0 Å². The van der Waals surface area contributed by atoms with Gasteiger partial charge in [-0.15, -0.1) is 5.10 Å². The fourth-order valence-corrected chi connectivity index (χ4v) is 1.65. The van der Waals surface area contributed by atoms with Crippen molar-refractivity contribution in [3.63, 3.8) is 0 Å². The number of carbonyl (C=O) groups is 1. The predicted molar refractivity (Wildman–Crippen MR) is 52.6 cm³/mol. The summed E-state index contributed by atoms with van der Waals surface area (Å²) in [5.41, 5.74) is 0. The van der Waals surface area contributed by atoms with E-state index in [-0.39, 0.29) is 12.6 Å². The maximum Gasteiger partial charge on any atom is 0.325 e. The summed E-state index contributed by atoms with van der Waals surface area (Å²) in [4.78, 5) is 10.5. The Hall–Kier alpha value is -1.15. The number of hydrogen-bond acceptors (Lipinski definition) is 6. The molecule has 0 fully saturated rings. The van der Waals surface area contributed by atoms with Gasteiger partial charge in [0.05, 0.1) is 6.10 Å². The van der Waals surface area contributed by atoms with Gasteiger partial charge in [0.1, 0.15) is 6.54 Å². The van der Waals surface area contributed by atoms with Crippen LogP contribution in [0, 0.1) is 0 Å². The van der Waals surface area contributed by atoms with Crippen LogP contribution in [0.15, 0.2) is 5.16 Å². The van der Waals surface area contributed by atoms with E-state index in [0.717, 1.165) is 0 Å². The highest BCUT2D eigenvalue weighted by molar-refractivity contribution is 7.99. The first kappa shape index (κ1) is 11.9. The Kier molecular flexibility index (Phi) is 4.50. The van der Waals surface area contributed by atoms with E-state index in [0.29, 0.717) is 10.9 Å². The van der Waals surface area contributed by atoms with Crippen molar-refractivity contribution in [1.82, 2.24) is 20.2 Å². The van der Waals surface area contributed by atoms with E-state index < -0.39 is 5.97 Å². The molecule has 1 aromatic rings. The molecular formula is C7H12N4O3S. The second kappa shape index (κ2) is 5.66. The normalized spacial score (nSPS) is 12.7. The quantitative estimate of drug-likeness (QED) is 0.684. The third-order valence-electron chi connectivity index (χ3n) is 1.63. The van der Waals surface area contributed by atoms with E-state index >= 15 is 0 Å². The summed E-state index contributed by atoms with van der Waals surface area (Å²) in [5.74, 6) is -0.291. The molecular weight excluding hydrogens is 220 g/mol. The molecule has 1 unspecified atom stereocenters. The summed E-state index contributed by atoms with van der Waals surface area (Å²) in [7, 11) is 1.62. The third-order valence-corrected chi connectivity index (χ3v) is 2.82. The SMILES string of the molecule is COC(C)CSc1nnnn1CC(=O)O. The van der Waals surface area contributed by atoms with Crippen molar-refractivity contribution in [3.8, 4) is 0 Å². The van der Waals surface area contributed by atoms with Crippen molar-refractivity contribution in [2.45, 2.75) is 24.7 Å². The number of carboxylic acid groups (broad SMARTS) is 1. The Bertz CT molecular complexity index is 330. The van der Waals surface area contributed by atoms with Gasteiger partial charge in [-0.05, 0) is 17.4 Å². The zero-order valence-corrected chi connectivity index (χ0v) is 9.27. The summed E-state index contributed by atoms with van der Waals surface area (Å²) in [6.07, 6.45) is 0.0741. The molecule has 0 aliphatic carbocycles. The molecule has 1 rings (SSSR count). The van der Waals surface area contributed by atoms with E-state index in [4.69, 9.17) is 9.84 Å². The minimum absolute atomic E-state index is 0.0741. The smallest absolute Gasteiger partial charge is 0.325 e. The fraction of sp³-hybridized carbons (Fsp3) is 0.714. The molecule has 0 bridgehead atoms. The van der Waals surface area contributed by atoms with E-state index in [2.05, 4.69) is 15.5 Å². The van der Waals surface area contributed by atoms with Crippen LogP contribution in [0.3, 0.4) is 0 Å². The lowest BCUT2D eigenvalue weighted by molar-refractivity contribution is -0.138. The summed E-state index contributed by atoms with van der Waals surface area (Å²) in [6.45, 7) is 1.69. The van der Waals surface area contributed by atoms with Gasteiger partial charge in [-0.3, -0.25) is 4.79 Å². The maximum absolute atomic E-state index is 10.5.